The summed E-state index contributed by atoms with van der Waals surface area (Å²) in [7, 11) is 1.59. The highest BCUT2D eigenvalue weighted by molar-refractivity contribution is 5.74. The Bertz CT molecular complexity index is 1040. The topological polar surface area (TPSA) is 148 Å². The fourth-order valence-electron chi connectivity index (χ4n) is 2.85. The molecule has 3 heterocycles. The first kappa shape index (κ1) is 18.6. The summed E-state index contributed by atoms with van der Waals surface area (Å²) in [5.41, 5.74) is 7.50. The van der Waals surface area contributed by atoms with Gasteiger partial charge in [-0.2, -0.15) is 10.4 Å². The van der Waals surface area contributed by atoms with E-state index in [0.29, 0.717) is 47.7 Å². The van der Waals surface area contributed by atoms with Crippen molar-refractivity contribution < 1.29 is 9.47 Å². The summed E-state index contributed by atoms with van der Waals surface area (Å²) in [5.74, 6) is 2.06. The van der Waals surface area contributed by atoms with Crippen molar-refractivity contribution in [1.82, 2.24) is 25.1 Å². The first-order chi connectivity index (χ1) is 14.2. The van der Waals surface area contributed by atoms with Crippen LogP contribution in [0.2, 0.25) is 0 Å². The van der Waals surface area contributed by atoms with Crippen LogP contribution in [0.15, 0.2) is 30.7 Å². The molecule has 10 heteroatoms. The molecule has 0 aliphatic heterocycles. The first-order valence-corrected chi connectivity index (χ1v) is 9.07. The molecular weight excluding hydrogens is 372 g/mol. The van der Waals surface area contributed by atoms with Gasteiger partial charge in [0.2, 0.25) is 5.88 Å². The molecule has 0 radical (unpaired) electrons. The molecule has 3 aromatic heterocycles. The van der Waals surface area contributed by atoms with Crippen LogP contribution in [0, 0.1) is 16.7 Å². The molecule has 0 spiro atoms. The summed E-state index contributed by atoms with van der Waals surface area (Å²) in [6.45, 7) is 1.10. The molecule has 4 N–H and O–H groups in total. The van der Waals surface area contributed by atoms with E-state index in [1.807, 2.05) is 6.07 Å². The minimum atomic E-state index is 0.0526. The summed E-state index contributed by atoms with van der Waals surface area (Å²) in [6, 6.07) is 5.48. The zero-order valence-electron chi connectivity index (χ0n) is 15.8. The van der Waals surface area contributed by atoms with Gasteiger partial charge in [-0.05, 0) is 18.9 Å². The van der Waals surface area contributed by atoms with Crippen LogP contribution in [-0.4, -0.2) is 45.4 Å². The second kappa shape index (κ2) is 7.73. The summed E-state index contributed by atoms with van der Waals surface area (Å²) in [5, 5.41) is 19.1. The van der Waals surface area contributed by atoms with Gasteiger partial charge in [-0.25, -0.2) is 15.0 Å². The van der Waals surface area contributed by atoms with E-state index in [4.69, 9.17) is 20.5 Å². The molecule has 1 saturated carbocycles. The number of H-pyrrole nitrogens is 1. The van der Waals surface area contributed by atoms with E-state index in [1.54, 1.807) is 25.4 Å². The first-order valence-electron chi connectivity index (χ1n) is 9.07. The van der Waals surface area contributed by atoms with Gasteiger partial charge in [0.15, 0.2) is 11.5 Å². The predicted molar refractivity (Wildman–Crippen MR) is 105 cm³/mol. The lowest BCUT2D eigenvalue weighted by molar-refractivity contribution is 0.230. The molecule has 0 unspecified atom stereocenters. The molecule has 0 amide bonds. The fraction of sp³-hybridized carbons (Fsp3) is 0.316. The maximum Gasteiger partial charge on any atom is 0.226 e. The van der Waals surface area contributed by atoms with Crippen LogP contribution in [0.5, 0.6) is 11.6 Å². The molecule has 4 rings (SSSR count). The van der Waals surface area contributed by atoms with E-state index in [-0.39, 0.29) is 11.1 Å². The quantitative estimate of drug-likeness (QED) is 0.523. The van der Waals surface area contributed by atoms with Crippen molar-refractivity contribution in [3.05, 3.63) is 36.4 Å². The lowest BCUT2D eigenvalue weighted by Gasteiger charge is -2.16. The zero-order chi connectivity index (χ0) is 20.3. The Hall–Kier alpha value is -3.71. The van der Waals surface area contributed by atoms with Crippen molar-refractivity contribution in [1.29, 1.82) is 5.26 Å². The molecule has 0 bridgehead atoms. The number of hydrogen-bond acceptors (Lipinski definition) is 9. The summed E-state index contributed by atoms with van der Waals surface area (Å²) < 4.78 is 11.5. The summed E-state index contributed by atoms with van der Waals surface area (Å²) >= 11 is 0. The number of anilines is 2. The van der Waals surface area contributed by atoms with E-state index >= 15 is 0 Å². The molecule has 148 valence electrons. The Morgan fingerprint density at radius 3 is 2.79 bits per heavy atom. The number of hydrogen-bond donors (Lipinski definition) is 3. The van der Waals surface area contributed by atoms with Crippen molar-refractivity contribution in [2.75, 3.05) is 25.6 Å². The second-order valence-electron chi connectivity index (χ2n) is 6.88. The summed E-state index contributed by atoms with van der Waals surface area (Å²) in [4.78, 5) is 12.5. The molecule has 1 aliphatic carbocycles. The molecule has 1 aliphatic rings. The number of aromatic nitrogens is 5. The van der Waals surface area contributed by atoms with Crippen LogP contribution in [-0.2, 0) is 0 Å². The Morgan fingerprint density at radius 1 is 1.28 bits per heavy atom. The number of nitrogens with two attached hydrogens (primary N) is 1. The average molecular weight is 392 g/mol. The van der Waals surface area contributed by atoms with Gasteiger partial charge < -0.3 is 20.5 Å². The monoisotopic (exact) mass is 392 g/mol. The smallest absolute Gasteiger partial charge is 0.226 e. The third kappa shape index (κ3) is 3.95. The van der Waals surface area contributed by atoms with E-state index in [2.05, 4.69) is 30.5 Å². The fourth-order valence-corrected chi connectivity index (χ4v) is 2.85. The van der Waals surface area contributed by atoms with Crippen LogP contribution < -0.4 is 20.5 Å². The van der Waals surface area contributed by atoms with Crippen LogP contribution in [0.25, 0.3) is 11.3 Å². The second-order valence-corrected chi connectivity index (χ2v) is 6.88. The van der Waals surface area contributed by atoms with E-state index < -0.39 is 0 Å². The standard InChI is InChI=1S/C19H20N8O2/c1-28-14-2-5-22-18(29-11-19(10-21)3-4-19)17(14)13-6-15(27-26-13)25-16-9-23-12(7-20)8-24-16/h2,5-6,8-9H,3-4,10-11,21H2,1H3,(H2,24,25,26,27). The highest BCUT2D eigenvalue weighted by atomic mass is 16.5. The molecule has 10 nitrogen and oxygen atoms in total. The largest absolute Gasteiger partial charge is 0.496 e. The van der Waals surface area contributed by atoms with E-state index in [0.717, 1.165) is 12.8 Å². The minimum absolute atomic E-state index is 0.0526. The van der Waals surface area contributed by atoms with Gasteiger partial charge in [0, 0.05) is 24.2 Å². The van der Waals surface area contributed by atoms with Gasteiger partial charge in [0.25, 0.3) is 0 Å². The van der Waals surface area contributed by atoms with Gasteiger partial charge in [-0.1, -0.05) is 0 Å². The number of aromatic amines is 1. The van der Waals surface area contributed by atoms with Crippen molar-refractivity contribution in [3.8, 4) is 29.0 Å². The summed E-state index contributed by atoms with van der Waals surface area (Å²) in [6.07, 6.45) is 6.62. The lowest BCUT2D eigenvalue weighted by atomic mass is 10.1. The number of nitrogens with zero attached hydrogens (tertiary/aromatic N) is 5. The van der Waals surface area contributed by atoms with Crippen LogP contribution in [0.3, 0.4) is 0 Å². The van der Waals surface area contributed by atoms with Gasteiger partial charge >= 0.3 is 0 Å². The molecular formula is C19H20N8O2. The van der Waals surface area contributed by atoms with Crippen molar-refractivity contribution in [2.24, 2.45) is 11.1 Å². The Balaban J connectivity index is 1.58. The molecule has 29 heavy (non-hydrogen) atoms. The maximum absolute atomic E-state index is 8.81. The SMILES string of the molecule is COc1ccnc(OCC2(CN)CC2)c1-c1cc(Nc2cnc(C#N)cn2)n[nH]1. The minimum Gasteiger partial charge on any atom is -0.496 e. The Kier molecular flexibility index (Phi) is 4.97. The van der Waals surface area contributed by atoms with Crippen molar-refractivity contribution in [2.45, 2.75) is 12.8 Å². The van der Waals surface area contributed by atoms with Gasteiger partial charge in [-0.15, -0.1) is 0 Å². The highest BCUT2D eigenvalue weighted by Gasteiger charge is 2.42. The lowest BCUT2D eigenvalue weighted by Crippen LogP contribution is -2.23. The number of ether oxygens (including phenoxy) is 2. The molecule has 1 fully saturated rings. The number of nitriles is 1. The number of rotatable bonds is 8. The molecule has 0 atom stereocenters. The third-order valence-corrected chi connectivity index (χ3v) is 4.87. The number of nitrogens with one attached hydrogen (secondary N) is 2. The van der Waals surface area contributed by atoms with Crippen molar-refractivity contribution >= 4 is 11.6 Å². The molecule has 0 aromatic carbocycles. The van der Waals surface area contributed by atoms with Gasteiger partial charge in [0.05, 0.1) is 31.8 Å². The van der Waals surface area contributed by atoms with Gasteiger partial charge in [0.1, 0.15) is 23.2 Å². The number of methoxy groups -OCH3 is 1. The average Bonchev–Trinajstić information content (AvgIpc) is 3.42. The van der Waals surface area contributed by atoms with E-state index in [9.17, 15) is 0 Å². The Morgan fingerprint density at radius 2 is 2.14 bits per heavy atom. The van der Waals surface area contributed by atoms with Crippen molar-refractivity contribution in [3.63, 3.8) is 0 Å². The molecule has 3 aromatic rings. The van der Waals surface area contributed by atoms with Gasteiger partial charge in [-0.3, -0.25) is 5.10 Å². The Labute approximate surface area is 167 Å². The molecule has 0 saturated heterocycles. The maximum atomic E-state index is 8.81. The van der Waals surface area contributed by atoms with Crippen LogP contribution >= 0.6 is 0 Å². The van der Waals surface area contributed by atoms with E-state index in [1.165, 1.54) is 12.4 Å². The number of pyridine rings is 1. The third-order valence-electron chi connectivity index (χ3n) is 4.87. The van der Waals surface area contributed by atoms with Crippen LogP contribution in [0.4, 0.5) is 11.6 Å². The highest BCUT2D eigenvalue weighted by Crippen LogP contribution is 2.45. The van der Waals surface area contributed by atoms with Crippen LogP contribution in [0.1, 0.15) is 18.5 Å². The predicted octanol–water partition coefficient (Wildman–Crippen LogP) is 2.00. The zero-order valence-corrected chi connectivity index (χ0v) is 15.8. The normalized spacial score (nSPS) is 14.1.